The van der Waals surface area contributed by atoms with Crippen molar-refractivity contribution in [2.24, 2.45) is 0 Å². The summed E-state index contributed by atoms with van der Waals surface area (Å²) in [6, 6.07) is 32.4. The summed E-state index contributed by atoms with van der Waals surface area (Å²) in [5.74, 6) is 0. The Morgan fingerprint density at radius 3 is 0.762 bits per heavy atom. The van der Waals surface area contributed by atoms with Gasteiger partial charge in [0.15, 0.2) is 0 Å². The molecule has 0 fully saturated rings. The maximum atomic E-state index is 12.5. The van der Waals surface area contributed by atoms with E-state index in [0.717, 1.165) is 0 Å². The van der Waals surface area contributed by atoms with Gasteiger partial charge in [0.1, 0.15) is 0 Å². The Kier molecular flexibility index (Phi) is 11.8. The van der Waals surface area contributed by atoms with Crippen LogP contribution in [-0.2, 0) is 25.3 Å². The van der Waals surface area contributed by atoms with Gasteiger partial charge in [-0.15, -0.1) is 0 Å². The van der Waals surface area contributed by atoms with Gasteiger partial charge in [-0.05, 0) is 0 Å². The van der Waals surface area contributed by atoms with E-state index in [1.165, 1.54) is 0 Å². The standard InChI is InChI=1S/2C13H10F3IO3S/c2*14-13(15,16)21(18,19)20-17(11-7-3-1-4-8-11)12-9-5-2-6-10-12/h2*1-10H. The number of halogens is 8. The molecule has 0 radical (unpaired) electrons. The summed E-state index contributed by atoms with van der Waals surface area (Å²) in [5, 5.41) is 0. The van der Waals surface area contributed by atoms with E-state index in [0.29, 0.717) is 14.3 Å². The molecule has 4 rings (SSSR count). The van der Waals surface area contributed by atoms with E-state index in [9.17, 15) is 43.2 Å². The van der Waals surface area contributed by atoms with Crippen molar-refractivity contribution in [1.29, 1.82) is 0 Å². The molecule has 0 aromatic heterocycles. The zero-order chi connectivity index (χ0) is 31.0. The summed E-state index contributed by atoms with van der Waals surface area (Å²) >= 11 is -6.38. The van der Waals surface area contributed by atoms with Crippen molar-refractivity contribution in [3.63, 3.8) is 0 Å². The molecule has 0 heterocycles. The molecule has 0 N–H and O–H groups in total. The second-order valence-corrected chi connectivity index (χ2v) is 20.6. The molecule has 0 aliphatic heterocycles. The van der Waals surface area contributed by atoms with E-state index in [1.807, 2.05) is 0 Å². The first kappa shape index (κ1) is 34.2. The molecule has 4 aromatic carbocycles. The van der Waals surface area contributed by atoms with Crippen LogP contribution in [0.5, 0.6) is 0 Å². The van der Waals surface area contributed by atoms with Gasteiger partial charge in [-0.2, -0.15) is 0 Å². The fourth-order valence-electron chi connectivity index (χ4n) is 2.75. The third-order valence-corrected chi connectivity index (χ3v) is 18.7. The van der Waals surface area contributed by atoms with E-state index in [1.54, 1.807) is 121 Å². The quantitative estimate of drug-likeness (QED) is 0.101. The van der Waals surface area contributed by atoms with Crippen molar-refractivity contribution in [2.45, 2.75) is 11.0 Å². The molecule has 0 aliphatic carbocycles. The van der Waals surface area contributed by atoms with Crippen molar-refractivity contribution in [3.05, 3.63) is 136 Å². The van der Waals surface area contributed by atoms with Gasteiger partial charge in [-0.3, -0.25) is 0 Å². The summed E-state index contributed by atoms with van der Waals surface area (Å²) in [5.41, 5.74) is -10.8. The van der Waals surface area contributed by atoms with Crippen LogP contribution >= 0.6 is 40.5 Å². The van der Waals surface area contributed by atoms with Gasteiger partial charge >= 0.3 is 256 Å². The fraction of sp³-hybridized carbons (Fsp3) is 0.0769. The van der Waals surface area contributed by atoms with Crippen molar-refractivity contribution >= 4 is 60.7 Å². The number of benzene rings is 4. The van der Waals surface area contributed by atoms with E-state index >= 15 is 0 Å². The minimum absolute atomic E-state index is 0.473. The fourth-order valence-corrected chi connectivity index (χ4v) is 15.8. The Morgan fingerprint density at radius 1 is 0.405 bits per heavy atom. The molecule has 228 valence electrons. The van der Waals surface area contributed by atoms with Crippen LogP contribution in [0.4, 0.5) is 26.3 Å². The van der Waals surface area contributed by atoms with Gasteiger partial charge in [0.25, 0.3) is 0 Å². The molecule has 4 aromatic rings. The van der Waals surface area contributed by atoms with Crippen LogP contribution in [0.1, 0.15) is 0 Å². The van der Waals surface area contributed by atoms with Gasteiger partial charge in [-0.25, -0.2) is 0 Å². The predicted molar refractivity (Wildman–Crippen MR) is 161 cm³/mol. The summed E-state index contributed by atoms with van der Waals surface area (Å²) in [6.07, 6.45) is 0. The van der Waals surface area contributed by atoms with Gasteiger partial charge < -0.3 is 0 Å². The molecule has 0 unspecified atom stereocenters. The number of rotatable bonds is 8. The van der Waals surface area contributed by atoms with Gasteiger partial charge in [0.2, 0.25) is 0 Å². The molecule has 0 amide bonds. The first-order valence-corrected chi connectivity index (χ1v) is 20.1. The first-order chi connectivity index (χ1) is 19.6. The van der Waals surface area contributed by atoms with Crippen LogP contribution in [0.15, 0.2) is 121 Å². The molecular formula is C26H20F6I2O6S2. The molecule has 0 aliphatic rings. The van der Waals surface area contributed by atoms with Crippen LogP contribution in [-0.4, -0.2) is 27.9 Å². The molecule has 42 heavy (non-hydrogen) atoms. The number of hydrogen-bond donors (Lipinski definition) is 0. The average molecular weight is 860 g/mol. The van der Waals surface area contributed by atoms with Crippen LogP contribution in [0.2, 0.25) is 0 Å². The Labute approximate surface area is 253 Å². The molecule has 0 atom stereocenters. The second-order valence-electron chi connectivity index (χ2n) is 7.61. The zero-order valence-electron chi connectivity index (χ0n) is 20.8. The average Bonchev–Trinajstić information content (AvgIpc) is 2.96. The summed E-state index contributed by atoms with van der Waals surface area (Å²) in [4.78, 5) is 0. The summed E-state index contributed by atoms with van der Waals surface area (Å²) < 4.78 is 131. The summed E-state index contributed by atoms with van der Waals surface area (Å²) in [7, 11) is -11.2. The Bertz CT molecular complexity index is 1420. The Balaban J connectivity index is 0.000000230. The summed E-state index contributed by atoms with van der Waals surface area (Å²) in [6.45, 7) is 0. The SMILES string of the molecule is O=S(=O)(OI(c1ccccc1)c1ccccc1)C(F)(F)F.O=S(=O)(OI(c1ccccc1)c1ccccc1)C(F)(F)F. The normalized spacial score (nSPS) is 13.0. The minimum atomic E-state index is -5.62. The van der Waals surface area contributed by atoms with E-state index in [4.69, 9.17) is 0 Å². The molecule has 16 heteroatoms. The molecule has 0 saturated carbocycles. The molecule has 0 saturated heterocycles. The van der Waals surface area contributed by atoms with Crippen molar-refractivity contribution in [3.8, 4) is 0 Å². The zero-order valence-corrected chi connectivity index (χ0v) is 26.8. The van der Waals surface area contributed by atoms with E-state index in [2.05, 4.69) is 5.03 Å². The Morgan fingerprint density at radius 2 is 0.595 bits per heavy atom. The van der Waals surface area contributed by atoms with Gasteiger partial charge in [0, 0.05) is 0 Å². The van der Waals surface area contributed by atoms with Crippen molar-refractivity contribution < 1.29 is 48.2 Å². The number of alkyl halides is 6. The maximum absolute atomic E-state index is 12.5. The Hall–Kier alpha value is -2.26. The van der Waals surface area contributed by atoms with Crippen LogP contribution in [0.3, 0.4) is 0 Å². The number of hydrogen-bond acceptors (Lipinski definition) is 6. The van der Waals surface area contributed by atoms with Crippen LogP contribution in [0.25, 0.3) is 0 Å². The predicted octanol–water partition coefficient (Wildman–Crippen LogP) is 8.03. The molecule has 6 nitrogen and oxygen atoms in total. The second kappa shape index (κ2) is 14.5. The monoisotopic (exact) mass is 860 g/mol. The van der Waals surface area contributed by atoms with Crippen molar-refractivity contribution in [2.75, 3.05) is 0 Å². The molecule has 0 spiro atoms. The third kappa shape index (κ3) is 9.37. The topological polar surface area (TPSA) is 86.7 Å². The molecular weight excluding hydrogens is 840 g/mol. The first-order valence-electron chi connectivity index (χ1n) is 11.2. The van der Waals surface area contributed by atoms with Crippen LogP contribution < -0.4 is 0 Å². The van der Waals surface area contributed by atoms with E-state index in [-0.39, 0.29) is 0 Å². The van der Waals surface area contributed by atoms with Crippen LogP contribution in [0, 0.1) is 14.3 Å². The van der Waals surface area contributed by atoms with Gasteiger partial charge in [0.05, 0.1) is 0 Å². The third-order valence-electron chi connectivity index (χ3n) is 4.58. The molecule has 0 bridgehead atoms. The van der Waals surface area contributed by atoms with Crippen molar-refractivity contribution in [1.82, 2.24) is 0 Å². The van der Waals surface area contributed by atoms with E-state index < -0.39 is 71.7 Å². The van der Waals surface area contributed by atoms with Gasteiger partial charge in [-0.1, -0.05) is 0 Å².